The van der Waals surface area contributed by atoms with Crippen molar-refractivity contribution in [3.8, 4) is 5.75 Å². The van der Waals surface area contributed by atoms with E-state index in [1.807, 2.05) is 12.2 Å². The summed E-state index contributed by atoms with van der Waals surface area (Å²) in [4.78, 5) is 25.4. The summed E-state index contributed by atoms with van der Waals surface area (Å²) in [5.41, 5.74) is 0.506. The molecule has 2 aliphatic heterocycles. The van der Waals surface area contributed by atoms with E-state index in [0.717, 1.165) is 6.42 Å². The van der Waals surface area contributed by atoms with Gasteiger partial charge in [-0.1, -0.05) is 18.2 Å². The van der Waals surface area contributed by atoms with Crippen molar-refractivity contribution in [3.05, 3.63) is 42.0 Å². The van der Waals surface area contributed by atoms with Gasteiger partial charge in [-0.2, -0.15) is 0 Å². The summed E-state index contributed by atoms with van der Waals surface area (Å²) in [5.74, 6) is 0.201. The van der Waals surface area contributed by atoms with Crippen molar-refractivity contribution in [2.75, 3.05) is 20.7 Å². The first-order chi connectivity index (χ1) is 11.0. The number of rotatable bonds is 5. The first kappa shape index (κ1) is 15.6. The standard InChI is InChI=1S/C17H20N2O4/c1-19(2)16(20)10-22-12-5-3-4-11(8-12)17(21)18-14-9-13-6-7-15(14)23-13/h3-8,13-15H,9-10H2,1-2H3,(H,18,21). The molecule has 0 aromatic heterocycles. The summed E-state index contributed by atoms with van der Waals surface area (Å²) >= 11 is 0. The fourth-order valence-corrected chi connectivity index (χ4v) is 2.67. The Hall–Kier alpha value is -2.34. The van der Waals surface area contributed by atoms with Gasteiger partial charge >= 0.3 is 0 Å². The molecule has 1 fully saturated rings. The Labute approximate surface area is 135 Å². The highest BCUT2D eigenvalue weighted by atomic mass is 16.5. The number of carbonyl (C=O) groups excluding carboxylic acids is 2. The fourth-order valence-electron chi connectivity index (χ4n) is 2.67. The lowest BCUT2D eigenvalue weighted by atomic mass is 10.0. The van der Waals surface area contributed by atoms with E-state index in [1.54, 1.807) is 38.4 Å². The van der Waals surface area contributed by atoms with Gasteiger partial charge in [0, 0.05) is 26.1 Å². The first-order valence-electron chi connectivity index (χ1n) is 7.60. The highest BCUT2D eigenvalue weighted by Crippen LogP contribution is 2.28. The molecule has 0 saturated carbocycles. The van der Waals surface area contributed by atoms with Crippen LogP contribution in [0.15, 0.2) is 36.4 Å². The van der Waals surface area contributed by atoms with Gasteiger partial charge in [0.05, 0.1) is 18.2 Å². The quantitative estimate of drug-likeness (QED) is 0.822. The Morgan fingerprint density at radius 2 is 2.17 bits per heavy atom. The van der Waals surface area contributed by atoms with Gasteiger partial charge in [-0.3, -0.25) is 9.59 Å². The number of likely N-dealkylation sites (N-methyl/N-ethyl adjacent to an activating group) is 1. The minimum atomic E-state index is -0.163. The lowest BCUT2D eigenvalue weighted by Crippen LogP contribution is -2.40. The second-order valence-electron chi connectivity index (χ2n) is 5.94. The molecule has 3 rings (SSSR count). The summed E-state index contributed by atoms with van der Waals surface area (Å²) in [5, 5.41) is 2.99. The number of benzene rings is 1. The molecule has 2 bridgehead atoms. The van der Waals surface area contributed by atoms with Crippen LogP contribution in [0.25, 0.3) is 0 Å². The van der Waals surface area contributed by atoms with Crippen LogP contribution < -0.4 is 10.1 Å². The first-order valence-corrected chi connectivity index (χ1v) is 7.60. The van der Waals surface area contributed by atoms with E-state index in [1.165, 1.54) is 4.90 Å². The molecule has 1 aromatic rings. The van der Waals surface area contributed by atoms with Crippen LogP contribution in [0, 0.1) is 0 Å². The van der Waals surface area contributed by atoms with Crippen LogP contribution in [0.5, 0.6) is 5.75 Å². The number of hydrogen-bond acceptors (Lipinski definition) is 4. The molecule has 1 saturated heterocycles. The van der Waals surface area contributed by atoms with Crippen molar-refractivity contribution in [1.29, 1.82) is 0 Å². The molecule has 122 valence electrons. The molecule has 3 unspecified atom stereocenters. The zero-order chi connectivity index (χ0) is 16.4. The number of fused-ring (bicyclic) bond motifs is 2. The van der Waals surface area contributed by atoms with Crippen molar-refractivity contribution < 1.29 is 19.1 Å². The molecular weight excluding hydrogens is 296 g/mol. The molecule has 1 aromatic carbocycles. The summed E-state index contributed by atoms with van der Waals surface area (Å²) in [6.45, 7) is -0.0525. The minimum Gasteiger partial charge on any atom is -0.484 e. The van der Waals surface area contributed by atoms with E-state index < -0.39 is 0 Å². The smallest absolute Gasteiger partial charge is 0.259 e. The van der Waals surface area contributed by atoms with Crippen molar-refractivity contribution in [2.45, 2.75) is 24.7 Å². The molecule has 2 heterocycles. The number of carbonyl (C=O) groups is 2. The summed E-state index contributed by atoms with van der Waals surface area (Å²) in [7, 11) is 3.34. The Kier molecular flexibility index (Phi) is 4.34. The molecule has 2 aliphatic rings. The highest BCUT2D eigenvalue weighted by molar-refractivity contribution is 5.94. The molecule has 3 atom stereocenters. The molecule has 2 amide bonds. The van der Waals surface area contributed by atoms with Gasteiger partial charge in [0.15, 0.2) is 6.61 Å². The summed E-state index contributed by atoms with van der Waals surface area (Å²) in [6.07, 6.45) is 4.92. The summed E-state index contributed by atoms with van der Waals surface area (Å²) < 4.78 is 11.1. The van der Waals surface area contributed by atoms with E-state index >= 15 is 0 Å². The maximum absolute atomic E-state index is 12.4. The fraction of sp³-hybridized carbons (Fsp3) is 0.412. The van der Waals surface area contributed by atoms with Crippen LogP contribution >= 0.6 is 0 Å². The van der Waals surface area contributed by atoms with Gasteiger partial charge < -0.3 is 19.7 Å². The van der Waals surface area contributed by atoms with Crippen molar-refractivity contribution in [1.82, 2.24) is 10.2 Å². The van der Waals surface area contributed by atoms with Gasteiger partial charge in [0.1, 0.15) is 5.75 Å². The Balaban J connectivity index is 1.59. The Bertz CT molecular complexity index is 641. The summed E-state index contributed by atoms with van der Waals surface area (Å²) in [6, 6.07) is 6.84. The average Bonchev–Trinajstić information content (AvgIpc) is 3.15. The normalized spacial score (nSPS) is 24.5. The van der Waals surface area contributed by atoms with Gasteiger partial charge in [-0.25, -0.2) is 0 Å². The predicted molar refractivity (Wildman–Crippen MR) is 84.3 cm³/mol. The third kappa shape index (κ3) is 3.53. The molecule has 0 aliphatic carbocycles. The largest absolute Gasteiger partial charge is 0.484 e. The Morgan fingerprint density at radius 1 is 1.35 bits per heavy atom. The van der Waals surface area contributed by atoms with Crippen LogP contribution in [0.4, 0.5) is 0 Å². The van der Waals surface area contributed by atoms with E-state index in [-0.39, 0.29) is 36.7 Å². The zero-order valence-corrected chi connectivity index (χ0v) is 13.2. The van der Waals surface area contributed by atoms with Crippen LogP contribution in [-0.4, -0.2) is 55.7 Å². The van der Waals surface area contributed by atoms with Gasteiger partial charge in [-0.05, 0) is 18.2 Å². The van der Waals surface area contributed by atoms with E-state index in [4.69, 9.17) is 9.47 Å². The molecule has 6 heteroatoms. The molecule has 0 radical (unpaired) electrons. The van der Waals surface area contributed by atoms with Crippen LogP contribution in [0.1, 0.15) is 16.8 Å². The van der Waals surface area contributed by atoms with Crippen LogP contribution in [0.3, 0.4) is 0 Å². The van der Waals surface area contributed by atoms with E-state index in [9.17, 15) is 9.59 Å². The van der Waals surface area contributed by atoms with Crippen LogP contribution in [-0.2, 0) is 9.53 Å². The highest BCUT2D eigenvalue weighted by Gasteiger charge is 2.37. The minimum absolute atomic E-state index is 0.0115. The maximum atomic E-state index is 12.4. The van der Waals surface area contributed by atoms with Gasteiger partial charge in [0.25, 0.3) is 11.8 Å². The molecule has 1 N–H and O–H groups in total. The SMILES string of the molecule is CN(C)C(=O)COc1cccc(C(=O)NC2CC3C=CC2O3)c1. The van der Waals surface area contributed by atoms with Crippen molar-refractivity contribution >= 4 is 11.8 Å². The van der Waals surface area contributed by atoms with E-state index in [2.05, 4.69) is 5.32 Å². The molecular formula is C17H20N2O4. The third-order valence-corrected chi connectivity index (χ3v) is 4.00. The number of nitrogens with zero attached hydrogens (tertiary/aromatic N) is 1. The lowest BCUT2D eigenvalue weighted by Gasteiger charge is -2.17. The number of amides is 2. The second kappa shape index (κ2) is 6.42. The van der Waals surface area contributed by atoms with E-state index in [0.29, 0.717) is 11.3 Å². The van der Waals surface area contributed by atoms with Crippen molar-refractivity contribution in [3.63, 3.8) is 0 Å². The lowest BCUT2D eigenvalue weighted by molar-refractivity contribution is -0.130. The predicted octanol–water partition coefficient (Wildman–Crippen LogP) is 0.979. The van der Waals surface area contributed by atoms with Gasteiger partial charge in [0.2, 0.25) is 0 Å². The molecule has 23 heavy (non-hydrogen) atoms. The third-order valence-electron chi connectivity index (χ3n) is 4.00. The second-order valence-corrected chi connectivity index (χ2v) is 5.94. The Morgan fingerprint density at radius 3 is 2.83 bits per heavy atom. The monoisotopic (exact) mass is 316 g/mol. The average molecular weight is 316 g/mol. The van der Waals surface area contributed by atoms with Gasteiger partial charge in [-0.15, -0.1) is 0 Å². The maximum Gasteiger partial charge on any atom is 0.259 e. The number of hydrogen-bond donors (Lipinski definition) is 1. The molecule has 6 nitrogen and oxygen atoms in total. The topological polar surface area (TPSA) is 67.9 Å². The number of nitrogens with one attached hydrogen (secondary N) is 1. The zero-order valence-electron chi connectivity index (χ0n) is 13.2. The molecule has 0 spiro atoms. The number of ether oxygens (including phenoxy) is 2. The van der Waals surface area contributed by atoms with Crippen molar-refractivity contribution in [2.24, 2.45) is 0 Å². The van der Waals surface area contributed by atoms with Crippen LogP contribution in [0.2, 0.25) is 0 Å².